The average Bonchev–Trinajstić information content (AvgIpc) is 3.38. The molecule has 23 heavy (non-hydrogen) atoms. The number of amides is 1. The average molecular weight is 339 g/mol. The first-order chi connectivity index (χ1) is 10.8. The van der Waals surface area contributed by atoms with Gasteiger partial charge >= 0.3 is 0 Å². The van der Waals surface area contributed by atoms with E-state index in [0.717, 1.165) is 31.7 Å². The van der Waals surface area contributed by atoms with E-state index in [4.69, 9.17) is 4.74 Å². The molecule has 5 heteroatoms. The molecular weight excluding hydrogens is 312 g/mol. The Morgan fingerprint density at radius 3 is 2.43 bits per heavy atom. The van der Waals surface area contributed by atoms with Gasteiger partial charge in [0, 0.05) is 6.42 Å². The third-order valence-corrected chi connectivity index (χ3v) is 4.82. The topological polar surface area (TPSA) is 50.4 Å². The molecule has 2 N–H and O–H groups in total. The van der Waals surface area contributed by atoms with Crippen LogP contribution >= 0.6 is 12.4 Å². The van der Waals surface area contributed by atoms with Crippen LogP contribution < -0.4 is 15.4 Å². The van der Waals surface area contributed by atoms with Crippen LogP contribution in [0.5, 0.6) is 5.75 Å². The summed E-state index contributed by atoms with van der Waals surface area (Å²) in [5.74, 6) is 2.21. The van der Waals surface area contributed by atoms with Gasteiger partial charge in [0.05, 0.1) is 13.2 Å². The molecule has 1 atom stereocenters. The van der Waals surface area contributed by atoms with Gasteiger partial charge in [0.15, 0.2) is 0 Å². The summed E-state index contributed by atoms with van der Waals surface area (Å²) >= 11 is 0. The number of piperidine rings is 1. The van der Waals surface area contributed by atoms with E-state index in [-0.39, 0.29) is 24.4 Å². The molecule has 0 spiro atoms. The van der Waals surface area contributed by atoms with Gasteiger partial charge in [0.1, 0.15) is 5.75 Å². The van der Waals surface area contributed by atoms with Gasteiger partial charge < -0.3 is 15.4 Å². The van der Waals surface area contributed by atoms with Gasteiger partial charge in [-0.3, -0.25) is 4.79 Å². The van der Waals surface area contributed by atoms with Crippen molar-refractivity contribution in [1.29, 1.82) is 0 Å². The van der Waals surface area contributed by atoms with Crippen LogP contribution in [0.3, 0.4) is 0 Å². The van der Waals surface area contributed by atoms with E-state index in [9.17, 15) is 4.79 Å². The van der Waals surface area contributed by atoms with Crippen LogP contribution in [-0.2, 0) is 4.79 Å². The highest BCUT2D eigenvalue weighted by molar-refractivity contribution is 5.85. The van der Waals surface area contributed by atoms with Crippen LogP contribution in [0.25, 0.3) is 0 Å². The van der Waals surface area contributed by atoms with Gasteiger partial charge in [-0.25, -0.2) is 0 Å². The van der Waals surface area contributed by atoms with Gasteiger partial charge in [0.2, 0.25) is 5.91 Å². The fourth-order valence-corrected chi connectivity index (χ4v) is 3.29. The van der Waals surface area contributed by atoms with Crippen molar-refractivity contribution in [2.45, 2.75) is 38.1 Å². The van der Waals surface area contributed by atoms with Crippen LogP contribution in [0, 0.1) is 11.8 Å². The van der Waals surface area contributed by atoms with Crippen molar-refractivity contribution in [3.05, 3.63) is 29.8 Å². The Bertz CT molecular complexity index is 496. The number of benzene rings is 1. The zero-order valence-corrected chi connectivity index (χ0v) is 14.5. The number of rotatable bonds is 6. The minimum atomic E-state index is 0. The number of carbonyl (C=O) groups excluding carboxylic acids is 1. The van der Waals surface area contributed by atoms with Crippen molar-refractivity contribution in [3.63, 3.8) is 0 Å². The Kier molecular flexibility index (Phi) is 6.72. The van der Waals surface area contributed by atoms with Gasteiger partial charge in [0.25, 0.3) is 0 Å². The Morgan fingerprint density at radius 1 is 1.22 bits per heavy atom. The standard InChI is InChI=1S/C18H26N2O2.ClH/c1-22-16-6-4-15(5-7-16)18(14-2-3-14)20-17(21)12-13-8-10-19-11-9-13;/h4-7,13-14,18-19H,2-3,8-12H2,1H3,(H,20,21);1H. The first-order valence-corrected chi connectivity index (χ1v) is 8.40. The van der Waals surface area contributed by atoms with Gasteiger partial charge in [-0.15, -0.1) is 12.4 Å². The van der Waals surface area contributed by atoms with Crippen molar-refractivity contribution >= 4 is 18.3 Å². The first kappa shape index (κ1) is 18.1. The summed E-state index contributed by atoms with van der Waals surface area (Å²) in [5, 5.41) is 6.63. The minimum Gasteiger partial charge on any atom is -0.497 e. The Balaban J connectivity index is 0.00000192. The number of hydrogen-bond donors (Lipinski definition) is 2. The van der Waals surface area contributed by atoms with E-state index in [1.54, 1.807) is 7.11 Å². The maximum atomic E-state index is 12.4. The Morgan fingerprint density at radius 2 is 1.87 bits per heavy atom. The van der Waals surface area contributed by atoms with E-state index in [0.29, 0.717) is 18.3 Å². The Labute approximate surface area is 144 Å². The number of methoxy groups -OCH3 is 1. The molecule has 128 valence electrons. The van der Waals surface area contributed by atoms with Crippen LogP contribution in [0.4, 0.5) is 0 Å². The monoisotopic (exact) mass is 338 g/mol. The Hall–Kier alpha value is -1.26. The highest BCUT2D eigenvalue weighted by atomic mass is 35.5. The van der Waals surface area contributed by atoms with Crippen molar-refractivity contribution in [2.75, 3.05) is 20.2 Å². The van der Waals surface area contributed by atoms with Crippen molar-refractivity contribution in [3.8, 4) is 5.75 Å². The summed E-state index contributed by atoms with van der Waals surface area (Å²) in [6.07, 6.45) is 5.32. The number of ether oxygens (including phenoxy) is 1. The summed E-state index contributed by atoms with van der Waals surface area (Å²) in [6, 6.07) is 8.27. The second-order valence-electron chi connectivity index (χ2n) is 6.55. The molecule has 1 aliphatic carbocycles. The lowest BCUT2D eigenvalue weighted by atomic mass is 9.93. The van der Waals surface area contributed by atoms with Crippen LogP contribution in [0.15, 0.2) is 24.3 Å². The molecule has 1 aromatic carbocycles. The maximum absolute atomic E-state index is 12.4. The second kappa shape index (κ2) is 8.55. The predicted octanol–water partition coefficient (Wildman–Crippen LogP) is 3.07. The molecule has 0 aromatic heterocycles. The normalized spacial score (nSPS) is 19.5. The fourth-order valence-electron chi connectivity index (χ4n) is 3.29. The predicted molar refractivity (Wildman–Crippen MR) is 94.1 cm³/mol. The van der Waals surface area contributed by atoms with E-state index >= 15 is 0 Å². The van der Waals surface area contributed by atoms with Gasteiger partial charge in [-0.2, -0.15) is 0 Å². The van der Waals surface area contributed by atoms with E-state index in [2.05, 4.69) is 22.8 Å². The summed E-state index contributed by atoms with van der Waals surface area (Å²) in [7, 11) is 1.67. The molecule has 4 nitrogen and oxygen atoms in total. The zero-order valence-electron chi connectivity index (χ0n) is 13.7. The molecule has 1 heterocycles. The number of halogens is 1. The SMILES string of the molecule is COc1ccc(C(NC(=O)CC2CCNCC2)C2CC2)cc1.Cl. The zero-order chi connectivity index (χ0) is 15.4. The lowest BCUT2D eigenvalue weighted by molar-refractivity contribution is -0.123. The highest BCUT2D eigenvalue weighted by Crippen LogP contribution is 2.41. The smallest absolute Gasteiger partial charge is 0.220 e. The number of nitrogens with one attached hydrogen (secondary N) is 2. The molecule has 2 aliphatic rings. The second-order valence-corrected chi connectivity index (χ2v) is 6.55. The maximum Gasteiger partial charge on any atom is 0.220 e. The highest BCUT2D eigenvalue weighted by Gasteiger charge is 2.33. The largest absolute Gasteiger partial charge is 0.497 e. The minimum absolute atomic E-state index is 0. The van der Waals surface area contributed by atoms with E-state index in [1.165, 1.54) is 18.4 Å². The molecule has 2 fully saturated rings. The third kappa shape index (κ3) is 5.11. The molecule has 0 radical (unpaired) electrons. The van der Waals surface area contributed by atoms with E-state index < -0.39 is 0 Å². The summed E-state index contributed by atoms with van der Waals surface area (Å²) in [4.78, 5) is 12.4. The van der Waals surface area contributed by atoms with Gasteiger partial charge in [-0.1, -0.05) is 12.1 Å². The van der Waals surface area contributed by atoms with Gasteiger partial charge in [-0.05, 0) is 68.3 Å². The molecule has 1 unspecified atom stereocenters. The molecule has 1 amide bonds. The number of hydrogen-bond acceptors (Lipinski definition) is 3. The summed E-state index contributed by atoms with van der Waals surface area (Å²) in [5.41, 5.74) is 1.20. The fraction of sp³-hybridized carbons (Fsp3) is 0.611. The lowest BCUT2D eigenvalue weighted by Crippen LogP contribution is -2.34. The van der Waals surface area contributed by atoms with E-state index in [1.807, 2.05) is 12.1 Å². The van der Waals surface area contributed by atoms with Crippen molar-refractivity contribution in [2.24, 2.45) is 11.8 Å². The molecule has 1 aromatic rings. The first-order valence-electron chi connectivity index (χ1n) is 8.40. The van der Waals surface area contributed by atoms with Crippen molar-refractivity contribution in [1.82, 2.24) is 10.6 Å². The molecule has 1 saturated carbocycles. The van der Waals surface area contributed by atoms with Crippen molar-refractivity contribution < 1.29 is 9.53 Å². The molecule has 1 saturated heterocycles. The quantitative estimate of drug-likeness (QED) is 0.838. The lowest BCUT2D eigenvalue weighted by Gasteiger charge is -2.24. The molecule has 1 aliphatic heterocycles. The molecular formula is C18H27ClN2O2. The molecule has 3 rings (SSSR count). The van der Waals surface area contributed by atoms with Crippen LogP contribution in [0.1, 0.15) is 43.7 Å². The number of carbonyl (C=O) groups is 1. The van der Waals surface area contributed by atoms with Crippen LogP contribution in [0.2, 0.25) is 0 Å². The van der Waals surface area contributed by atoms with Crippen LogP contribution in [-0.4, -0.2) is 26.1 Å². The summed E-state index contributed by atoms with van der Waals surface area (Å²) in [6.45, 7) is 2.09. The molecule has 0 bridgehead atoms. The third-order valence-electron chi connectivity index (χ3n) is 4.82. The summed E-state index contributed by atoms with van der Waals surface area (Å²) < 4.78 is 5.21.